The molecular formula is C16H32O4. The second-order valence-electron chi connectivity index (χ2n) is 4.89. The van der Waals surface area contributed by atoms with Gasteiger partial charge in [0.2, 0.25) is 6.29 Å². The molecule has 0 aliphatic heterocycles. The Morgan fingerprint density at radius 3 is 1.65 bits per heavy atom. The summed E-state index contributed by atoms with van der Waals surface area (Å²) in [5.41, 5.74) is 0. The topological polar surface area (TPSA) is 44.8 Å². The Hall–Kier alpha value is -0.450. The summed E-state index contributed by atoms with van der Waals surface area (Å²) in [7, 11) is 0. The molecule has 0 aliphatic carbocycles. The lowest BCUT2D eigenvalue weighted by Crippen LogP contribution is -2.35. The molecule has 120 valence electrons. The molecule has 0 aliphatic rings. The fourth-order valence-corrected chi connectivity index (χ4v) is 1.93. The predicted octanol–water partition coefficient (Wildman–Crippen LogP) is 3.72. The van der Waals surface area contributed by atoms with E-state index in [1.807, 2.05) is 6.92 Å². The van der Waals surface area contributed by atoms with E-state index in [9.17, 15) is 4.79 Å². The molecular weight excluding hydrogens is 256 g/mol. The van der Waals surface area contributed by atoms with Crippen LogP contribution in [0, 0.1) is 0 Å². The summed E-state index contributed by atoms with van der Waals surface area (Å²) in [4.78, 5) is 12.2. The Bertz CT molecular complexity index is 221. The summed E-state index contributed by atoms with van der Waals surface area (Å²) in [5.74, 6) is -0.0164. The van der Waals surface area contributed by atoms with Crippen LogP contribution in [0.4, 0.5) is 0 Å². The number of carbonyl (C=O) groups is 1. The van der Waals surface area contributed by atoms with E-state index in [0.717, 1.165) is 25.7 Å². The lowest BCUT2D eigenvalue weighted by atomic mass is 10.2. The smallest absolute Gasteiger partial charge is 0.218 e. The molecule has 4 nitrogen and oxygen atoms in total. The number of hydrogen-bond donors (Lipinski definition) is 0. The minimum Gasteiger partial charge on any atom is -0.381 e. The van der Waals surface area contributed by atoms with Crippen LogP contribution in [0.5, 0.6) is 0 Å². The average molecular weight is 288 g/mol. The van der Waals surface area contributed by atoms with Crippen molar-refractivity contribution in [3.8, 4) is 0 Å². The molecule has 0 atom stereocenters. The summed E-state index contributed by atoms with van der Waals surface area (Å²) < 4.78 is 16.9. The van der Waals surface area contributed by atoms with Crippen molar-refractivity contribution < 1.29 is 19.0 Å². The fourth-order valence-electron chi connectivity index (χ4n) is 1.93. The molecule has 0 radical (unpaired) electrons. The van der Waals surface area contributed by atoms with E-state index in [-0.39, 0.29) is 18.0 Å². The zero-order valence-corrected chi connectivity index (χ0v) is 13.8. The number of Topliss-reactive ketones (excluding diaryl/α,β-unsaturated/α-hetero) is 1. The molecule has 0 fully saturated rings. The van der Waals surface area contributed by atoms with Gasteiger partial charge in [0.15, 0.2) is 5.78 Å². The van der Waals surface area contributed by atoms with Crippen molar-refractivity contribution in [3.63, 3.8) is 0 Å². The predicted molar refractivity (Wildman–Crippen MR) is 80.8 cm³/mol. The van der Waals surface area contributed by atoms with E-state index in [0.29, 0.717) is 19.6 Å². The van der Waals surface area contributed by atoms with Crippen molar-refractivity contribution >= 4 is 5.78 Å². The van der Waals surface area contributed by atoms with Gasteiger partial charge in [-0.1, -0.05) is 27.7 Å². The average Bonchev–Trinajstić information content (AvgIpc) is 2.48. The molecule has 0 aromatic carbocycles. The van der Waals surface area contributed by atoms with Crippen molar-refractivity contribution in [2.45, 2.75) is 85.2 Å². The zero-order valence-electron chi connectivity index (χ0n) is 13.8. The van der Waals surface area contributed by atoms with E-state index in [4.69, 9.17) is 14.2 Å². The highest BCUT2D eigenvalue weighted by atomic mass is 16.7. The molecule has 4 heteroatoms. The van der Waals surface area contributed by atoms with Crippen molar-refractivity contribution in [3.05, 3.63) is 0 Å². The molecule has 0 unspecified atom stereocenters. The molecule has 0 N–H and O–H groups in total. The van der Waals surface area contributed by atoms with Gasteiger partial charge in [-0.25, -0.2) is 0 Å². The molecule has 0 heterocycles. The van der Waals surface area contributed by atoms with E-state index in [2.05, 4.69) is 27.7 Å². The number of ether oxygens (including phenoxy) is 3. The Morgan fingerprint density at radius 2 is 1.30 bits per heavy atom. The molecule has 0 aromatic rings. The molecule has 20 heavy (non-hydrogen) atoms. The third kappa shape index (κ3) is 7.98. The first-order valence-electron chi connectivity index (χ1n) is 8.04. The minimum atomic E-state index is -0.745. The zero-order chi connectivity index (χ0) is 15.4. The van der Waals surface area contributed by atoms with Crippen LogP contribution in [0.2, 0.25) is 0 Å². The number of hydrogen-bond acceptors (Lipinski definition) is 4. The SMILES string of the molecule is CCOCCC(=O)C(OC(CC)CC)OC(CC)CC. The van der Waals surface area contributed by atoms with Gasteiger partial charge < -0.3 is 14.2 Å². The maximum absolute atomic E-state index is 12.2. The summed E-state index contributed by atoms with van der Waals surface area (Å²) in [5, 5.41) is 0. The van der Waals surface area contributed by atoms with Crippen LogP contribution in [0.25, 0.3) is 0 Å². The van der Waals surface area contributed by atoms with Gasteiger partial charge in [0.1, 0.15) is 0 Å². The minimum absolute atomic E-state index is 0.0164. The highest BCUT2D eigenvalue weighted by Crippen LogP contribution is 2.15. The van der Waals surface area contributed by atoms with Crippen molar-refractivity contribution in [1.29, 1.82) is 0 Å². The van der Waals surface area contributed by atoms with Gasteiger partial charge in [0, 0.05) is 13.0 Å². The first-order chi connectivity index (χ1) is 9.62. The van der Waals surface area contributed by atoms with E-state index in [1.54, 1.807) is 0 Å². The molecule has 0 saturated carbocycles. The second kappa shape index (κ2) is 12.3. The van der Waals surface area contributed by atoms with Crippen LogP contribution >= 0.6 is 0 Å². The van der Waals surface area contributed by atoms with Crippen LogP contribution in [0.1, 0.15) is 66.7 Å². The normalized spacial score (nSPS) is 11.8. The van der Waals surface area contributed by atoms with Gasteiger partial charge in [0.05, 0.1) is 18.8 Å². The molecule has 0 aromatic heterocycles. The second-order valence-corrected chi connectivity index (χ2v) is 4.89. The summed E-state index contributed by atoms with van der Waals surface area (Å²) >= 11 is 0. The van der Waals surface area contributed by atoms with Crippen LogP contribution in [-0.4, -0.2) is 37.5 Å². The van der Waals surface area contributed by atoms with E-state index in [1.165, 1.54) is 0 Å². The first kappa shape index (κ1) is 19.6. The highest BCUT2D eigenvalue weighted by Gasteiger charge is 2.25. The van der Waals surface area contributed by atoms with Gasteiger partial charge in [-0.2, -0.15) is 0 Å². The summed E-state index contributed by atoms with van der Waals surface area (Å²) in [6.07, 6.45) is 3.30. The van der Waals surface area contributed by atoms with Gasteiger partial charge in [-0.05, 0) is 32.6 Å². The van der Waals surface area contributed by atoms with Gasteiger partial charge in [0.25, 0.3) is 0 Å². The fraction of sp³-hybridized carbons (Fsp3) is 0.938. The third-order valence-electron chi connectivity index (χ3n) is 3.41. The standard InChI is InChI=1S/C16H32O4/c1-6-13(7-2)19-16(20-14(8-3)9-4)15(17)11-12-18-10-5/h13-14,16H,6-12H2,1-5H3. The Morgan fingerprint density at radius 1 is 0.850 bits per heavy atom. The maximum atomic E-state index is 12.2. The Balaban J connectivity index is 4.54. The van der Waals surface area contributed by atoms with Gasteiger partial charge in [-0.15, -0.1) is 0 Å². The quantitative estimate of drug-likeness (QED) is 0.383. The Labute approximate surface area is 124 Å². The number of carbonyl (C=O) groups excluding carboxylic acids is 1. The first-order valence-corrected chi connectivity index (χ1v) is 8.04. The van der Waals surface area contributed by atoms with Gasteiger partial charge >= 0.3 is 0 Å². The monoisotopic (exact) mass is 288 g/mol. The van der Waals surface area contributed by atoms with Crippen LogP contribution in [0.15, 0.2) is 0 Å². The molecule has 0 amide bonds. The maximum Gasteiger partial charge on any atom is 0.218 e. The molecule has 0 spiro atoms. The number of rotatable bonds is 13. The molecule has 0 rings (SSSR count). The lowest BCUT2D eigenvalue weighted by Gasteiger charge is -2.26. The van der Waals surface area contributed by atoms with Crippen molar-refractivity contribution in [2.75, 3.05) is 13.2 Å². The van der Waals surface area contributed by atoms with Crippen molar-refractivity contribution in [2.24, 2.45) is 0 Å². The van der Waals surface area contributed by atoms with Gasteiger partial charge in [-0.3, -0.25) is 4.79 Å². The van der Waals surface area contributed by atoms with E-state index >= 15 is 0 Å². The highest BCUT2D eigenvalue weighted by molar-refractivity contribution is 5.81. The summed E-state index contributed by atoms with van der Waals surface area (Å²) in [6, 6.07) is 0. The lowest BCUT2D eigenvalue weighted by molar-refractivity contribution is -0.200. The van der Waals surface area contributed by atoms with Crippen molar-refractivity contribution in [1.82, 2.24) is 0 Å². The van der Waals surface area contributed by atoms with Crippen LogP contribution in [-0.2, 0) is 19.0 Å². The van der Waals surface area contributed by atoms with E-state index < -0.39 is 6.29 Å². The Kier molecular flexibility index (Phi) is 12.0. The largest absolute Gasteiger partial charge is 0.381 e. The van der Waals surface area contributed by atoms with Crippen LogP contribution < -0.4 is 0 Å². The summed E-state index contributed by atoms with van der Waals surface area (Å²) in [6.45, 7) is 11.2. The molecule has 0 saturated heterocycles. The van der Waals surface area contributed by atoms with Crippen LogP contribution in [0.3, 0.4) is 0 Å². The number of ketones is 1. The third-order valence-corrected chi connectivity index (χ3v) is 3.41. The molecule has 0 bridgehead atoms.